The van der Waals surface area contributed by atoms with Crippen LogP contribution in [0.1, 0.15) is 106 Å². The van der Waals surface area contributed by atoms with Crippen LogP contribution in [0.25, 0.3) is 0 Å². The smallest absolute Gasteiger partial charge is 0.303 e. The first-order chi connectivity index (χ1) is 9.91. The third-order valence-corrected chi connectivity index (χ3v) is 4.89. The van der Waals surface area contributed by atoms with Crippen LogP contribution in [0.3, 0.4) is 0 Å². The summed E-state index contributed by atoms with van der Waals surface area (Å²) in [5.41, 5.74) is 0.685. The van der Waals surface area contributed by atoms with Gasteiger partial charge >= 0.3 is 5.97 Å². The van der Waals surface area contributed by atoms with Crippen molar-refractivity contribution in [3.05, 3.63) is 0 Å². The predicted octanol–water partition coefficient (Wildman–Crippen LogP) is 6.68. The molecule has 2 heteroatoms. The van der Waals surface area contributed by atoms with Crippen LogP contribution in [0, 0.1) is 11.3 Å². The molecule has 0 radical (unpaired) electrons. The highest BCUT2D eigenvalue weighted by atomic mass is 16.4. The largest absolute Gasteiger partial charge is 0.481 e. The Bertz CT molecular complexity index is 232. The molecule has 0 aromatic carbocycles. The fraction of sp³-hybridized carbons (Fsp3) is 0.947. The molecule has 2 nitrogen and oxygen atoms in total. The molecule has 0 bridgehead atoms. The standard InChI is InChI=1S/C12H26.C7H14O2/c1-5-9-11-12(7-3,8-4)10-6-2;1-3-6(2)4-5-7(8)9/h5-11H2,1-4H3;6H,3-5H2,1-2H3,(H,8,9). The molecule has 1 atom stereocenters. The van der Waals surface area contributed by atoms with E-state index in [0.29, 0.717) is 17.8 Å². The molecule has 0 saturated heterocycles. The molecule has 0 heterocycles. The molecule has 0 aromatic rings. The molecule has 0 saturated carbocycles. The Morgan fingerprint density at radius 2 is 1.57 bits per heavy atom. The van der Waals surface area contributed by atoms with Crippen LogP contribution in [0.15, 0.2) is 0 Å². The maximum absolute atomic E-state index is 10.0. The van der Waals surface area contributed by atoms with Gasteiger partial charge in [-0.15, -0.1) is 0 Å². The second-order valence-corrected chi connectivity index (χ2v) is 6.51. The molecule has 0 amide bonds. The summed E-state index contributed by atoms with van der Waals surface area (Å²) in [5.74, 6) is -0.128. The van der Waals surface area contributed by atoms with Crippen molar-refractivity contribution in [1.29, 1.82) is 0 Å². The van der Waals surface area contributed by atoms with Gasteiger partial charge in [0.25, 0.3) is 0 Å². The van der Waals surface area contributed by atoms with E-state index in [9.17, 15) is 4.79 Å². The number of unbranched alkanes of at least 4 members (excludes halogenated alkanes) is 1. The third-order valence-electron chi connectivity index (χ3n) is 4.89. The molecule has 0 fully saturated rings. The van der Waals surface area contributed by atoms with E-state index >= 15 is 0 Å². The summed E-state index contributed by atoms with van der Waals surface area (Å²) in [4.78, 5) is 10.0. The van der Waals surface area contributed by atoms with Crippen LogP contribution in [-0.2, 0) is 4.79 Å². The summed E-state index contributed by atoms with van der Waals surface area (Å²) in [6, 6.07) is 0. The van der Waals surface area contributed by atoms with Gasteiger partial charge in [0.05, 0.1) is 0 Å². The van der Waals surface area contributed by atoms with Crippen LogP contribution in [0.5, 0.6) is 0 Å². The quantitative estimate of drug-likeness (QED) is 0.462. The molecule has 0 aliphatic carbocycles. The first-order valence-electron chi connectivity index (χ1n) is 9.12. The molecule has 0 aromatic heterocycles. The van der Waals surface area contributed by atoms with E-state index in [2.05, 4.69) is 41.5 Å². The Morgan fingerprint density at radius 1 is 1.00 bits per heavy atom. The lowest BCUT2D eigenvalue weighted by atomic mass is 9.74. The van der Waals surface area contributed by atoms with Gasteiger partial charge in [-0.25, -0.2) is 0 Å². The number of carboxylic acids is 1. The minimum atomic E-state index is -0.685. The van der Waals surface area contributed by atoms with Crippen LogP contribution >= 0.6 is 0 Å². The van der Waals surface area contributed by atoms with E-state index in [4.69, 9.17) is 5.11 Å². The van der Waals surface area contributed by atoms with Gasteiger partial charge in [-0.05, 0) is 30.6 Å². The van der Waals surface area contributed by atoms with Crippen LogP contribution in [0.4, 0.5) is 0 Å². The van der Waals surface area contributed by atoms with Crippen molar-refractivity contribution in [2.75, 3.05) is 0 Å². The number of aliphatic carboxylic acids is 1. The van der Waals surface area contributed by atoms with Crippen molar-refractivity contribution in [3.8, 4) is 0 Å². The normalized spacial score (nSPS) is 12.5. The van der Waals surface area contributed by atoms with Crippen molar-refractivity contribution >= 4 is 5.97 Å². The highest BCUT2D eigenvalue weighted by Gasteiger charge is 2.23. The maximum Gasteiger partial charge on any atom is 0.303 e. The van der Waals surface area contributed by atoms with E-state index in [1.165, 1.54) is 44.9 Å². The Morgan fingerprint density at radius 3 is 1.90 bits per heavy atom. The SMILES string of the molecule is CCC(C)CCC(=O)O.CCCCC(CC)(CC)CCC. The number of carbonyl (C=O) groups is 1. The Kier molecular flexibility index (Phi) is 15.6. The molecule has 1 unspecified atom stereocenters. The van der Waals surface area contributed by atoms with Crippen LogP contribution in [-0.4, -0.2) is 11.1 Å². The maximum atomic E-state index is 10.0. The van der Waals surface area contributed by atoms with Crippen LogP contribution < -0.4 is 0 Å². The fourth-order valence-corrected chi connectivity index (χ4v) is 2.74. The van der Waals surface area contributed by atoms with Gasteiger partial charge in [0, 0.05) is 6.42 Å². The molecule has 0 aliphatic rings. The van der Waals surface area contributed by atoms with Crippen molar-refractivity contribution in [3.63, 3.8) is 0 Å². The average molecular weight is 301 g/mol. The Balaban J connectivity index is 0. The fourth-order valence-electron chi connectivity index (χ4n) is 2.74. The van der Waals surface area contributed by atoms with E-state index in [0.717, 1.165) is 12.8 Å². The molecule has 21 heavy (non-hydrogen) atoms. The number of hydrogen-bond acceptors (Lipinski definition) is 1. The number of rotatable bonds is 11. The molecule has 0 spiro atoms. The summed E-state index contributed by atoms with van der Waals surface area (Å²) in [6.07, 6.45) is 12.0. The lowest BCUT2D eigenvalue weighted by Crippen LogP contribution is -2.18. The highest BCUT2D eigenvalue weighted by Crippen LogP contribution is 2.37. The lowest BCUT2D eigenvalue weighted by molar-refractivity contribution is -0.137. The second-order valence-electron chi connectivity index (χ2n) is 6.51. The van der Waals surface area contributed by atoms with Gasteiger partial charge in [0.15, 0.2) is 0 Å². The van der Waals surface area contributed by atoms with Gasteiger partial charge in [-0.3, -0.25) is 4.79 Å². The lowest BCUT2D eigenvalue weighted by Gasteiger charge is -2.31. The summed E-state index contributed by atoms with van der Waals surface area (Å²) in [6.45, 7) is 13.5. The number of hydrogen-bond donors (Lipinski definition) is 1. The first-order valence-corrected chi connectivity index (χ1v) is 9.12. The summed E-state index contributed by atoms with van der Waals surface area (Å²) < 4.78 is 0. The second kappa shape index (κ2) is 14.4. The highest BCUT2D eigenvalue weighted by molar-refractivity contribution is 5.66. The zero-order valence-electron chi connectivity index (χ0n) is 15.5. The van der Waals surface area contributed by atoms with E-state index in [1.54, 1.807) is 0 Å². The molecule has 0 aliphatic heterocycles. The summed E-state index contributed by atoms with van der Waals surface area (Å²) >= 11 is 0. The summed E-state index contributed by atoms with van der Waals surface area (Å²) in [5, 5.41) is 8.26. The Labute approximate surface area is 133 Å². The van der Waals surface area contributed by atoms with Gasteiger partial charge in [0.1, 0.15) is 0 Å². The predicted molar refractivity (Wildman–Crippen MR) is 93.8 cm³/mol. The van der Waals surface area contributed by atoms with Crippen molar-refractivity contribution in [2.24, 2.45) is 11.3 Å². The van der Waals surface area contributed by atoms with Crippen LogP contribution in [0.2, 0.25) is 0 Å². The average Bonchev–Trinajstić information content (AvgIpc) is 2.49. The summed E-state index contributed by atoms with van der Waals surface area (Å²) in [7, 11) is 0. The molecule has 128 valence electrons. The van der Waals surface area contributed by atoms with Crippen molar-refractivity contribution in [1.82, 2.24) is 0 Å². The molecular formula is C19H40O2. The topological polar surface area (TPSA) is 37.3 Å². The molecular weight excluding hydrogens is 260 g/mol. The minimum Gasteiger partial charge on any atom is -0.481 e. The molecule has 0 rings (SSSR count). The zero-order valence-corrected chi connectivity index (χ0v) is 15.5. The molecule has 1 N–H and O–H groups in total. The van der Waals surface area contributed by atoms with Gasteiger partial charge in [0.2, 0.25) is 0 Å². The minimum absolute atomic E-state index is 0.314. The van der Waals surface area contributed by atoms with Crippen molar-refractivity contribution < 1.29 is 9.90 Å². The monoisotopic (exact) mass is 300 g/mol. The van der Waals surface area contributed by atoms with Gasteiger partial charge in [-0.2, -0.15) is 0 Å². The van der Waals surface area contributed by atoms with Gasteiger partial charge < -0.3 is 5.11 Å². The zero-order chi connectivity index (χ0) is 16.7. The third kappa shape index (κ3) is 12.9. The van der Waals surface area contributed by atoms with E-state index in [1.807, 2.05) is 0 Å². The van der Waals surface area contributed by atoms with Crippen molar-refractivity contribution in [2.45, 2.75) is 106 Å². The van der Waals surface area contributed by atoms with Gasteiger partial charge in [-0.1, -0.05) is 80.1 Å². The first kappa shape index (κ1) is 22.7. The van der Waals surface area contributed by atoms with E-state index < -0.39 is 5.97 Å². The number of carboxylic acid groups (broad SMARTS) is 1. The van der Waals surface area contributed by atoms with E-state index in [-0.39, 0.29) is 0 Å². The Hall–Kier alpha value is -0.530.